The number of rotatable bonds is 5. The van der Waals surface area contributed by atoms with Gasteiger partial charge in [-0.05, 0) is 44.2 Å². The van der Waals surface area contributed by atoms with Crippen LogP contribution in [0, 0.1) is 0 Å². The molecule has 29 heavy (non-hydrogen) atoms. The molecule has 0 N–H and O–H groups in total. The number of nitrogens with zero attached hydrogens (tertiary/aromatic N) is 3. The van der Waals surface area contributed by atoms with Gasteiger partial charge in [0.25, 0.3) is 0 Å². The lowest BCUT2D eigenvalue weighted by Crippen LogP contribution is -2.57. The summed E-state index contributed by atoms with van der Waals surface area (Å²) in [5, 5.41) is 0. The van der Waals surface area contributed by atoms with Gasteiger partial charge in [-0.15, -0.1) is 0 Å². The number of sulfonamides is 1. The van der Waals surface area contributed by atoms with E-state index in [4.69, 9.17) is 4.74 Å². The van der Waals surface area contributed by atoms with Crippen LogP contribution >= 0.6 is 0 Å². The fourth-order valence-corrected chi connectivity index (χ4v) is 6.72. The molecule has 0 bridgehead atoms. The molecule has 1 atom stereocenters. The summed E-state index contributed by atoms with van der Waals surface area (Å²) in [5.74, 6) is 0.259. The molecular formula is C22H35N3O3S. The normalized spacial score (nSPS) is 26.7. The zero-order valence-electron chi connectivity index (χ0n) is 17.6. The molecule has 3 aliphatic rings. The van der Waals surface area contributed by atoms with E-state index in [1.165, 1.54) is 5.69 Å². The lowest BCUT2D eigenvalue weighted by molar-refractivity contribution is -0.127. The Kier molecular flexibility index (Phi) is 6.49. The van der Waals surface area contributed by atoms with Gasteiger partial charge >= 0.3 is 0 Å². The highest BCUT2D eigenvalue weighted by Crippen LogP contribution is 2.37. The summed E-state index contributed by atoms with van der Waals surface area (Å²) in [6.07, 6.45) is 4.47. The molecule has 0 amide bonds. The van der Waals surface area contributed by atoms with Gasteiger partial charge in [-0.25, -0.2) is 12.7 Å². The van der Waals surface area contributed by atoms with Gasteiger partial charge in [0.1, 0.15) is 0 Å². The third kappa shape index (κ3) is 4.79. The minimum Gasteiger partial charge on any atom is -0.375 e. The number of ether oxygens (including phenoxy) is 1. The summed E-state index contributed by atoms with van der Waals surface area (Å²) >= 11 is 0. The minimum absolute atomic E-state index is 0.127. The van der Waals surface area contributed by atoms with E-state index in [9.17, 15) is 8.42 Å². The Hall–Kier alpha value is -1.15. The van der Waals surface area contributed by atoms with Crippen molar-refractivity contribution in [3.63, 3.8) is 0 Å². The lowest BCUT2D eigenvalue weighted by atomic mass is 9.82. The monoisotopic (exact) mass is 421 g/mol. The summed E-state index contributed by atoms with van der Waals surface area (Å²) in [4.78, 5) is 5.12. The van der Waals surface area contributed by atoms with Gasteiger partial charge in [0, 0.05) is 57.6 Å². The van der Waals surface area contributed by atoms with E-state index in [1.807, 2.05) is 6.92 Å². The van der Waals surface area contributed by atoms with Crippen LogP contribution in [0.2, 0.25) is 0 Å². The molecule has 3 aliphatic heterocycles. The third-order valence-electron chi connectivity index (χ3n) is 6.91. The fourth-order valence-electron chi connectivity index (χ4n) is 5.21. The second-order valence-electron chi connectivity index (χ2n) is 8.75. The van der Waals surface area contributed by atoms with Crippen LogP contribution in [-0.2, 0) is 14.8 Å². The molecular weight excluding hydrogens is 386 g/mol. The average molecular weight is 422 g/mol. The molecule has 1 aromatic carbocycles. The summed E-state index contributed by atoms with van der Waals surface area (Å²) in [7, 11) is -3.09. The maximum Gasteiger partial charge on any atom is 0.214 e. The number of para-hydroxylation sites is 1. The smallest absolute Gasteiger partial charge is 0.214 e. The number of hydrogen-bond acceptors (Lipinski definition) is 5. The first-order valence-electron chi connectivity index (χ1n) is 11.2. The molecule has 4 rings (SSSR count). The number of anilines is 1. The molecule has 0 saturated carbocycles. The Morgan fingerprint density at radius 1 is 1.03 bits per heavy atom. The largest absolute Gasteiger partial charge is 0.375 e. The SMILES string of the molecule is CCCS(=O)(=O)N1CCC2(CC1)C[C@H](N1CCN(c3ccccc3)CC1)CCO2. The molecule has 0 unspecified atom stereocenters. The Morgan fingerprint density at radius 3 is 2.38 bits per heavy atom. The summed E-state index contributed by atoms with van der Waals surface area (Å²) in [5.41, 5.74) is 1.19. The van der Waals surface area contributed by atoms with Crippen molar-refractivity contribution in [2.75, 3.05) is 56.5 Å². The van der Waals surface area contributed by atoms with Gasteiger partial charge in [0.05, 0.1) is 11.4 Å². The van der Waals surface area contributed by atoms with Crippen LogP contribution in [0.3, 0.4) is 0 Å². The Bertz CT molecular complexity index is 755. The van der Waals surface area contributed by atoms with Crippen LogP contribution in [0.25, 0.3) is 0 Å². The topological polar surface area (TPSA) is 53.1 Å². The molecule has 0 radical (unpaired) electrons. The summed E-state index contributed by atoms with van der Waals surface area (Å²) in [6, 6.07) is 11.2. The van der Waals surface area contributed by atoms with E-state index in [1.54, 1.807) is 4.31 Å². The molecule has 3 fully saturated rings. The second kappa shape index (κ2) is 8.92. The first-order chi connectivity index (χ1) is 14.0. The van der Waals surface area contributed by atoms with E-state index < -0.39 is 10.0 Å². The fraction of sp³-hybridized carbons (Fsp3) is 0.727. The van der Waals surface area contributed by atoms with E-state index in [2.05, 4.69) is 40.1 Å². The van der Waals surface area contributed by atoms with Crippen molar-refractivity contribution in [3.05, 3.63) is 30.3 Å². The van der Waals surface area contributed by atoms with Crippen molar-refractivity contribution in [2.24, 2.45) is 0 Å². The highest BCUT2D eigenvalue weighted by Gasteiger charge is 2.43. The van der Waals surface area contributed by atoms with Gasteiger partial charge in [0.15, 0.2) is 0 Å². The predicted octanol–water partition coefficient (Wildman–Crippen LogP) is 2.56. The van der Waals surface area contributed by atoms with E-state index in [-0.39, 0.29) is 11.4 Å². The predicted molar refractivity (Wildman–Crippen MR) is 117 cm³/mol. The Balaban J connectivity index is 1.32. The van der Waals surface area contributed by atoms with Crippen molar-refractivity contribution in [3.8, 4) is 0 Å². The van der Waals surface area contributed by atoms with Crippen molar-refractivity contribution < 1.29 is 13.2 Å². The first-order valence-corrected chi connectivity index (χ1v) is 12.8. The Labute approximate surface area is 175 Å². The van der Waals surface area contributed by atoms with Crippen molar-refractivity contribution >= 4 is 15.7 Å². The van der Waals surface area contributed by atoms with Crippen LogP contribution in [0.15, 0.2) is 30.3 Å². The molecule has 6 nitrogen and oxygen atoms in total. The van der Waals surface area contributed by atoms with E-state index >= 15 is 0 Å². The first kappa shape index (κ1) is 21.1. The van der Waals surface area contributed by atoms with Crippen LogP contribution < -0.4 is 4.90 Å². The van der Waals surface area contributed by atoms with Gasteiger partial charge in [-0.3, -0.25) is 4.90 Å². The maximum atomic E-state index is 12.4. The van der Waals surface area contributed by atoms with Gasteiger partial charge in [-0.2, -0.15) is 0 Å². The highest BCUT2D eigenvalue weighted by molar-refractivity contribution is 7.89. The van der Waals surface area contributed by atoms with Crippen molar-refractivity contribution in [1.29, 1.82) is 0 Å². The van der Waals surface area contributed by atoms with Gasteiger partial charge in [0.2, 0.25) is 10.0 Å². The molecule has 162 valence electrons. The molecule has 3 saturated heterocycles. The molecule has 1 aromatic rings. The zero-order chi connectivity index (χ0) is 20.3. The van der Waals surface area contributed by atoms with Crippen molar-refractivity contribution in [1.82, 2.24) is 9.21 Å². The summed E-state index contributed by atoms with van der Waals surface area (Å²) in [6.45, 7) is 8.25. The summed E-state index contributed by atoms with van der Waals surface area (Å²) < 4.78 is 32.7. The molecule has 7 heteroatoms. The molecule has 0 aliphatic carbocycles. The van der Waals surface area contributed by atoms with Gasteiger partial charge in [-0.1, -0.05) is 25.1 Å². The maximum absolute atomic E-state index is 12.4. The average Bonchev–Trinajstić information content (AvgIpc) is 2.75. The lowest BCUT2D eigenvalue weighted by Gasteiger charge is -2.49. The standard InChI is InChI=1S/C22H35N3O3S/c1-2-18-29(26,27)25-11-9-22(10-12-25)19-21(8-17-28-22)24-15-13-23(14-16-24)20-6-4-3-5-7-20/h3-7,21H,2,8-19H2,1H3/t21-/m1/s1. The van der Waals surface area contributed by atoms with Gasteiger partial charge < -0.3 is 9.64 Å². The quantitative estimate of drug-likeness (QED) is 0.731. The number of piperidine rings is 1. The zero-order valence-corrected chi connectivity index (χ0v) is 18.4. The highest BCUT2D eigenvalue weighted by atomic mass is 32.2. The second-order valence-corrected chi connectivity index (χ2v) is 10.8. The third-order valence-corrected chi connectivity index (χ3v) is 8.98. The number of benzene rings is 1. The van der Waals surface area contributed by atoms with Crippen LogP contribution in [-0.4, -0.2) is 80.9 Å². The molecule has 0 aromatic heterocycles. The van der Waals surface area contributed by atoms with Crippen molar-refractivity contribution in [2.45, 2.75) is 50.7 Å². The Morgan fingerprint density at radius 2 is 1.72 bits per heavy atom. The van der Waals surface area contributed by atoms with E-state index in [0.717, 1.165) is 58.5 Å². The van der Waals surface area contributed by atoms with Crippen LogP contribution in [0.5, 0.6) is 0 Å². The number of piperazine rings is 1. The minimum atomic E-state index is -3.09. The van der Waals surface area contributed by atoms with Crippen LogP contribution in [0.1, 0.15) is 39.0 Å². The molecule has 1 spiro atoms. The molecule has 3 heterocycles. The van der Waals surface area contributed by atoms with E-state index in [0.29, 0.717) is 25.6 Å². The number of hydrogen-bond donors (Lipinski definition) is 0. The van der Waals surface area contributed by atoms with Crippen LogP contribution in [0.4, 0.5) is 5.69 Å².